The van der Waals surface area contributed by atoms with Crippen LogP contribution in [-0.4, -0.2) is 19.9 Å². The summed E-state index contributed by atoms with van der Waals surface area (Å²) in [5, 5.41) is 0. The first-order valence-corrected chi connectivity index (χ1v) is 6.87. The molecule has 4 rings (SSSR count). The first-order chi connectivity index (χ1) is 6.16. The summed E-state index contributed by atoms with van der Waals surface area (Å²) in [5.74, 6) is 3.01. The van der Waals surface area contributed by atoms with Gasteiger partial charge in [-0.1, -0.05) is 12.2 Å². The zero-order valence-electron chi connectivity index (χ0n) is 7.52. The summed E-state index contributed by atoms with van der Waals surface area (Å²) in [6.45, 7) is 0. The van der Waals surface area contributed by atoms with Gasteiger partial charge in [0, 0.05) is 0 Å². The maximum atomic E-state index is 11.5. The lowest BCUT2D eigenvalue weighted by molar-refractivity contribution is 0.169. The molecule has 3 aliphatic carbocycles. The van der Waals surface area contributed by atoms with Crippen LogP contribution in [0.3, 0.4) is 0 Å². The Morgan fingerprint density at radius 2 is 1.38 bits per heavy atom. The predicted molar refractivity (Wildman–Crippen MR) is 51.0 cm³/mol. The van der Waals surface area contributed by atoms with Crippen LogP contribution in [0.25, 0.3) is 0 Å². The van der Waals surface area contributed by atoms with Crippen LogP contribution in [0.2, 0.25) is 0 Å². The Morgan fingerprint density at radius 3 is 1.77 bits per heavy atom. The number of rotatable bonds is 0. The van der Waals surface area contributed by atoms with E-state index in [9.17, 15) is 8.42 Å². The van der Waals surface area contributed by atoms with Crippen molar-refractivity contribution >= 4 is 9.84 Å². The molecule has 4 atom stereocenters. The Balaban J connectivity index is 2.01. The molecule has 72 valence electrons. The van der Waals surface area contributed by atoms with E-state index in [1.165, 1.54) is 12.8 Å². The van der Waals surface area contributed by atoms with Crippen molar-refractivity contribution in [3.63, 3.8) is 0 Å². The molecule has 2 fully saturated rings. The Bertz CT molecular complexity index is 327. The van der Waals surface area contributed by atoms with Crippen LogP contribution >= 0.6 is 0 Å². The second-order valence-electron chi connectivity index (χ2n) is 4.69. The molecular weight excluding hydrogens is 184 g/mol. The predicted octanol–water partition coefficient (Wildman–Crippen LogP) is 1.24. The van der Waals surface area contributed by atoms with Crippen molar-refractivity contribution < 1.29 is 8.42 Å². The molecule has 13 heavy (non-hydrogen) atoms. The lowest BCUT2D eigenvalue weighted by Crippen LogP contribution is -2.35. The van der Waals surface area contributed by atoms with Crippen LogP contribution in [0, 0.1) is 23.7 Å². The van der Waals surface area contributed by atoms with Gasteiger partial charge in [0.25, 0.3) is 0 Å². The summed E-state index contributed by atoms with van der Waals surface area (Å²) in [4.78, 5) is 0. The largest absolute Gasteiger partial charge is 0.229 e. The molecule has 0 aromatic carbocycles. The third-order valence-electron chi connectivity index (χ3n) is 3.98. The molecule has 0 spiro atoms. The molecule has 2 nitrogen and oxygen atoms in total. The molecule has 0 radical (unpaired) electrons. The van der Waals surface area contributed by atoms with Gasteiger partial charge in [0.1, 0.15) is 0 Å². The van der Waals surface area contributed by atoms with Crippen LogP contribution in [0.5, 0.6) is 0 Å². The molecule has 0 aromatic rings. The Hall–Kier alpha value is -0.310. The zero-order chi connectivity index (χ0) is 9.05. The van der Waals surface area contributed by atoms with Gasteiger partial charge in [0.05, 0.1) is 11.5 Å². The van der Waals surface area contributed by atoms with E-state index in [1.807, 2.05) is 0 Å². The van der Waals surface area contributed by atoms with E-state index in [0.29, 0.717) is 35.2 Å². The molecule has 2 bridgehead atoms. The summed E-state index contributed by atoms with van der Waals surface area (Å²) in [5.41, 5.74) is 0. The van der Waals surface area contributed by atoms with Crippen LogP contribution < -0.4 is 0 Å². The molecule has 1 saturated carbocycles. The topological polar surface area (TPSA) is 34.1 Å². The van der Waals surface area contributed by atoms with Gasteiger partial charge in [-0.25, -0.2) is 8.42 Å². The Labute approximate surface area is 78.9 Å². The van der Waals surface area contributed by atoms with Crippen molar-refractivity contribution in [2.24, 2.45) is 23.7 Å². The third-order valence-corrected chi connectivity index (χ3v) is 5.77. The quantitative estimate of drug-likeness (QED) is 0.549. The molecule has 1 aliphatic heterocycles. The number of allylic oxidation sites excluding steroid dienone is 2. The average molecular weight is 198 g/mol. The minimum atomic E-state index is -2.69. The second-order valence-corrected chi connectivity index (χ2v) is 6.85. The minimum absolute atomic E-state index is 0.461. The van der Waals surface area contributed by atoms with Crippen LogP contribution in [0.15, 0.2) is 12.2 Å². The van der Waals surface area contributed by atoms with Gasteiger partial charge < -0.3 is 0 Å². The van der Waals surface area contributed by atoms with Gasteiger partial charge in [-0.3, -0.25) is 0 Å². The van der Waals surface area contributed by atoms with Gasteiger partial charge in [-0.2, -0.15) is 0 Å². The summed E-state index contributed by atoms with van der Waals surface area (Å²) < 4.78 is 23.0. The SMILES string of the molecule is O=S1(=O)C[C@@H]2[C@H](C1)[C@@H]1C=C[C@H]2CC1. The van der Waals surface area contributed by atoms with Gasteiger partial charge in [-0.05, 0) is 36.5 Å². The molecule has 1 heterocycles. The number of hydrogen-bond donors (Lipinski definition) is 0. The second kappa shape index (κ2) is 2.38. The first-order valence-electron chi connectivity index (χ1n) is 5.04. The van der Waals surface area contributed by atoms with Crippen molar-refractivity contribution in [3.8, 4) is 0 Å². The fraction of sp³-hybridized carbons (Fsp3) is 0.800. The van der Waals surface area contributed by atoms with Crippen molar-refractivity contribution in [1.29, 1.82) is 0 Å². The highest BCUT2D eigenvalue weighted by molar-refractivity contribution is 7.91. The highest BCUT2D eigenvalue weighted by Gasteiger charge is 2.48. The normalized spacial score (nSPS) is 50.8. The zero-order valence-corrected chi connectivity index (χ0v) is 8.33. The van der Waals surface area contributed by atoms with E-state index >= 15 is 0 Å². The fourth-order valence-electron chi connectivity index (χ4n) is 3.36. The summed E-state index contributed by atoms with van der Waals surface area (Å²) in [6, 6.07) is 0. The highest BCUT2D eigenvalue weighted by Crippen LogP contribution is 2.48. The van der Waals surface area contributed by atoms with Gasteiger partial charge >= 0.3 is 0 Å². The number of hydrogen-bond acceptors (Lipinski definition) is 2. The summed E-state index contributed by atoms with van der Waals surface area (Å²) >= 11 is 0. The van der Waals surface area contributed by atoms with Crippen molar-refractivity contribution in [2.45, 2.75) is 12.8 Å². The molecular formula is C10H14O2S. The van der Waals surface area contributed by atoms with E-state index in [2.05, 4.69) is 12.2 Å². The molecule has 0 unspecified atom stereocenters. The third kappa shape index (κ3) is 1.09. The number of sulfone groups is 1. The summed E-state index contributed by atoms with van der Waals surface area (Å²) in [7, 11) is -2.69. The van der Waals surface area contributed by atoms with Crippen LogP contribution in [-0.2, 0) is 9.84 Å². The molecule has 0 aromatic heterocycles. The Kier molecular flexibility index (Phi) is 1.47. The van der Waals surface area contributed by atoms with E-state index in [4.69, 9.17) is 0 Å². The smallest absolute Gasteiger partial charge is 0.150 e. The van der Waals surface area contributed by atoms with E-state index < -0.39 is 9.84 Å². The Morgan fingerprint density at radius 1 is 0.923 bits per heavy atom. The minimum Gasteiger partial charge on any atom is -0.229 e. The van der Waals surface area contributed by atoms with Crippen molar-refractivity contribution in [1.82, 2.24) is 0 Å². The maximum absolute atomic E-state index is 11.5. The van der Waals surface area contributed by atoms with Crippen molar-refractivity contribution in [3.05, 3.63) is 12.2 Å². The van der Waals surface area contributed by atoms with Crippen LogP contribution in [0.4, 0.5) is 0 Å². The molecule has 0 amide bonds. The van der Waals surface area contributed by atoms with Gasteiger partial charge in [-0.15, -0.1) is 0 Å². The maximum Gasteiger partial charge on any atom is 0.150 e. The van der Waals surface area contributed by atoms with Gasteiger partial charge in [0.15, 0.2) is 9.84 Å². The average Bonchev–Trinajstić information content (AvgIpc) is 2.43. The fourth-order valence-corrected chi connectivity index (χ4v) is 5.66. The first kappa shape index (κ1) is 8.04. The summed E-state index contributed by atoms with van der Waals surface area (Å²) in [6.07, 6.45) is 6.96. The van der Waals surface area contributed by atoms with E-state index in [1.54, 1.807) is 0 Å². The molecule has 3 heteroatoms. The lowest BCUT2D eigenvalue weighted by Gasteiger charge is -2.40. The molecule has 4 aliphatic rings. The van der Waals surface area contributed by atoms with E-state index in [0.717, 1.165) is 0 Å². The standard InChI is InChI=1S/C10H14O2S/c11-13(12)5-9-7-1-2-8(4-3-7)10(9)6-13/h1-2,7-10H,3-6H2/t7-,8+,9-,10+. The molecule has 0 N–H and O–H groups in total. The van der Waals surface area contributed by atoms with Gasteiger partial charge in [0.2, 0.25) is 0 Å². The highest BCUT2D eigenvalue weighted by atomic mass is 32.2. The molecule has 1 saturated heterocycles. The monoisotopic (exact) mass is 198 g/mol. The number of fused-ring (bicyclic) bond motifs is 1. The van der Waals surface area contributed by atoms with E-state index in [-0.39, 0.29) is 0 Å². The van der Waals surface area contributed by atoms with Crippen molar-refractivity contribution in [2.75, 3.05) is 11.5 Å². The lowest BCUT2D eigenvalue weighted by atomic mass is 9.64. The van der Waals surface area contributed by atoms with Crippen LogP contribution in [0.1, 0.15) is 12.8 Å².